The summed E-state index contributed by atoms with van der Waals surface area (Å²) in [5.74, 6) is -4.49. The summed E-state index contributed by atoms with van der Waals surface area (Å²) >= 11 is 10.7. The van der Waals surface area contributed by atoms with Crippen molar-refractivity contribution in [1.29, 1.82) is 0 Å². The summed E-state index contributed by atoms with van der Waals surface area (Å²) in [6.07, 6.45) is -1.16. The van der Waals surface area contributed by atoms with E-state index in [4.69, 9.17) is 20.8 Å². The van der Waals surface area contributed by atoms with Gasteiger partial charge in [-0.3, -0.25) is 47.7 Å². The number of primary amides is 2. The van der Waals surface area contributed by atoms with Crippen LogP contribution < -0.4 is 16.9 Å². The minimum Gasteiger partial charge on any atom is -0.399 e. The number of likely N-dealkylation sites (tertiary alicyclic amines) is 2. The summed E-state index contributed by atoms with van der Waals surface area (Å²) in [7, 11) is -0.950. The fourth-order valence-electron chi connectivity index (χ4n) is 12.5. The highest BCUT2D eigenvalue weighted by molar-refractivity contribution is 9.10. The Hall–Kier alpha value is -8.21. The molecule has 3 fully saturated rings. The number of para-hydroxylation sites is 2. The molecule has 3 aliphatic heterocycles. The number of benzene rings is 6. The molecule has 0 saturated carbocycles. The maximum absolute atomic E-state index is 15.6. The molecular weight excluding hydrogens is 1360 g/mol. The molecule has 2 aliphatic carbocycles. The number of aryl methyl sites for hydroxylation is 2. The van der Waals surface area contributed by atoms with E-state index in [0.717, 1.165) is 22.0 Å². The zero-order valence-electron chi connectivity index (χ0n) is 52.0. The molecule has 3 saturated heterocycles. The normalized spacial score (nSPS) is 18.6. The van der Waals surface area contributed by atoms with Crippen LogP contribution in [0, 0.1) is 11.6 Å². The van der Waals surface area contributed by atoms with Gasteiger partial charge >= 0.3 is 7.12 Å². The number of Topliss-reactive ketones (excluding diaryl/α,β-unsaturated/α-hetero) is 4. The number of rotatable bonds is 14. The number of alkyl halides is 2. The molecule has 2 aromatic heterocycles. The largest absolute Gasteiger partial charge is 0.497 e. The van der Waals surface area contributed by atoms with Gasteiger partial charge in [0.25, 0.3) is 11.8 Å². The number of hydrogen-bond acceptors (Lipinski definition) is 14. The molecule has 0 radical (unpaired) electrons. The lowest BCUT2D eigenvalue weighted by molar-refractivity contribution is -0.138. The summed E-state index contributed by atoms with van der Waals surface area (Å²) in [5.41, 5.74) is 15.4. The van der Waals surface area contributed by atoms with Crippen LogP contribution in [0.1, 0.15) is 125 Å². The Balaban J connectivity index is 0.000000203. The highest BCUT2D eigenvalue weighted by Gasteiger charge is 2.53. The molecule has 0 unspecified atom stereocenters. The highest BCUT2D eigenvalue weighted by Crippen LogP contribution is 2.38. The second-order valence-electron chi connectivity index (χ2n) is 24.6. The summed E-state index contributed by atoms with van der Waals surface area (Å²) in [4.78, 5) is 103. The Morgan fingerprint density at radius 3 is 1.51 bits per heavy atom. The number of halogens is 5. The van der Waals surface area contributed by atoms with Crippen molar-refractivity contribution in [3.8, 4) is 11.1 Å². The first-order valence-corrected chi connectivity index (χ1v) is 32.4. The Morgan fingerprint density at radius 1 is 0.594 bits per heavy atom. The topological polar surface area (TPSA) is 249 Å². The van der Waals surface area contributed by atoms with Crippen molar-refractivity contribution >= 4 is 133 Å². The number of hydrogen-bond donors (Lipinski definition) is 2. The molecule has 27 heteroatoms. The average molecular weight is 1430 g/mol. The van der Waals surface area contributed by atoms with Crippen molar-refractivity contribution in [2.24, 2.45) is 11.5 Å². The van der Waals surface area contributed by atoms with Crippen molar-refractivity contribution in [2.45, 2.75) is 135 Å². The molecule has 96 heavy (non-hydrogen) atoms. The van der Waals surface area contributed by atoms with Gasteiger partial charge in [-0.25, -0.2) is 17.6 Å². The van der Waals surface area contributed by atoms with E-state index in [1.807, 2.05) is 52.0 Å². The van der Waals surface area contributed by atoms with E-state index in [-0.39, 0.29) is 118 Å². The highest BCUT2D eigenvalue weighted by atomic mass is 79.9. The molecule has 4 atom stereocenters. The van der Waals surface area contributed by atoms with Crippen LogP contribution in [0.25, 0.3) is 32.9 Å². The van der Waals surface area contributed by atoms with E-state index in [1.54, 1.807) is 84.9 Å². The maximum atomic E-state index is 15.6. The number of nitrogens with two attached hydrogens (primary N) is 2. The van der Waals surface area contributed by atoms with Crippen LogP contribution in [0.4, 0.5) is 17.6 Å². The zero-order valence-corrected chi connectivity index (χ0v) is 56.3. The number of nitrogens with zero attached hydrogens (tertiary/aromatic N) is 6. The van der Waals surface area contributed by atoms with Crippen LogP contribution >= 0.6 is 29.4 Å². The van der Waals surface area contributed by atoms with Crippen molar-refractivity contribution in [3.05, 3.63) is 182 Å². The Labute approximate surface area is 577 Å². The summed E-state index contributed by atoms with van der Waals surface area (Å²) in [5, 5.41) is 9.32. The van der Waals surface area contributed by atoms with Gasteiger partial charge < -0.3 is 30.6 Å². The van der Waals surface area contributed by atoms with Crippen molar-refractivity contribution in [3.63, 3.8) is 0 Å². The number of carbonyl (C=O) groups is 8. The molecule has 6 aromatic carbocycles. The number of fused-ring (bicyclic) bond motifs is 4. The van der Waals surface area contributed by atoms with E-state index in [9.17, 15) is 47.1 Å². The third kappa shape index (κ3) is 15.3. The van der Waals surface area contributed by atoms with Gasteiger partial charge in [0.15, 0.2) is 34.5 Å². The molecule has 8 aromatic rings. The van der Waals surface area contributed by atoms with Gasteiger partial charge in [0, 0.05) is 98.3 Å². The Morgan fingerprint density at radius 2 is 1.03 bits per heavy atom. The number of carbonyl (C=O) groups excluding carboxylic acids is 8. The molecular formula is C69H70BBrF4N8O10S3. The molecule has 5 heterocycles. The summed E-state index contributed by atoms with van der Waals surface area (Å²) in [6, 6.07) is 31.9. The molecule has 5 aliphatic rings. The van der Waals surface area contributed by atoms with E-state index in [1.165, 1.54) is 36.9 Å². The zero-order chi connectivity index (χ0) is 67.7. The second kappa shape index (κ2) is 30.5. The lowest BCUT2D eigenvalue weighted by atomic mass is 9.77. The second-order valence-corrected chi connectivity index (χ2v) is 25.5. The molecule has 18 nitrogen and oxygen atoms in total. The first-order valence-electron chi connectivity index (χ1n) is 30.3. The molecule has 4 amide bonds. The van der Waals surface area contributed by atoms with Gasteiger partial charge in [-0.05, 0) is 98.7 Å². The first-order chi connectivity index (χ1) is 44.8. The smallest absolute Gasteiger partial charge is 0.399 e. The first kappa shape index (κ1) is 73.6. The Bertz CT molecular complexity index is 4370. The number of ketones is 4. The third-order valence-corrected chi connectivity index (χ3v) is 18.5. The van der Waals surface area contributed by atoms with Crippen LogP contribution in [-0.4, -0.2) is 132 Å². The standard InChI is InChI=1S/C31H26F2N4O4.C28H31BF2N4O5.C9H7BrO.CH4.S2.H2S/c32-20-14-25(36(15-20)28(40)16-37-24-7-2-1-5-22(24)30(35-37)31(34)41)27(39)13-19-4-3-6-21(29(19)33)18-9-8-17-10-11-26(38)23(17)12-18;1-27(2)28(3,4)40-29(39-27)19-10-7-8-16(24(19)31)12-22(36)21-13-17(30)14-34(21)23(37)15-35-20-11-6-5-9-18(20)25(33-35)26(32)38;10-7-3-1-6-2-4-9(11)8(6)5-7;;1-2;/h1-9,12,20,25H,10-11,13-16H2,(H2,34,41);5-11,17,21H,12-15H2,1-4H3,(H2,32,38);1,3,5H,2,4H2;1H4;;1H2/t20-,25+;17-,21+;;;;/m11..../s1. The van der Waals surface area contributed by atoms with E-state index in [2.05, 4.69) is 48.5 Å². The predicted octanol–water partition coefficient (Wildman–Crippen LogP) is 9.47. The maximum Gasteiger partial charge on any atom is 0.497 e. The lowest BCUT2D eigenvalue weighted by Crippen LogP contribution is -2.43. The fraction of sp³-hybridized carbons (Fsp3) is 0.333. The minimum absolute atomic E-state index is 0. The van der Waals surface area contributed by atoms with Gasteiger partial charge in [0.05, 0.1) is 47.4 Å². The van der Waals surface area contributed by atoms with Gasteiger partial charge in [0.2, 0.25) is 11.8 Å². The van der Waals surface area contributed by atoms with Crippen molar-refractivity contribution < 1.29 is 65.2 Å². The van der Waals surface area contributed by atoms with Gasteiger partial charge in [-0.15, -0.1) is 0 Å². The molecule has 0 bridgehead atoms. The lowest BCUT2D eigenvalue weighted by Gasteiger charge is -2.32. The predicted molar refractivity (Wildman–Crippen MR) is 369 cm³/mol. The van der Waals surface area contributed by atoms with Gasteiger partial charge in [-0.1, -0.05) is 114 Å². The van der Waals surface area contributed by atoms with Crippen molar-refractivity contribution in [1.82, 2.24) is 29.4 Å². The third-order valence-electron chi connectivity index (χ3n) is 18.0. The molecule has 4 N–H and O–H groups in total. The fourth-order valence-corrected chi connectivity index (χ4v) is 12.8. The molecule has 13 rings (SSSR count). The molecule has 502 valence electrons. The summed E-state index contributed by atoms with van der Waals surface area (Å²) < 4.78 is 75.9. The van der Waals surface area contributed by atoms with E-state index in [0.29, 0.717) is 52.2 Å². The van der Waals surface area contributed by atoms with Crippen LogP contribution in [0.2, 0.25) is 0 Å². The number of amides is 4. The summed E-state index contributed by atoms with van der Waals surface area (Å²) in [6.45, 7) is 6.24. The van der Waals surface area contributed by atoms with Crippen LogP contribution in [0.15, 0.2) is 126 Å². The van der Waals surface area contributed by atoms with Crippen LogP contribution in [0.3, 0.4) is 0 Å². The van der Waals surface area contributed by atoms with Crippen molar-refractivity contribution in [2.75, 3.05) is 13.1 Å². The van der Waals surface area contributed by atoms with Gasteiger partial charge in [-0.2, -0.15) is 23.7 Å². The van der Waals surface area contributed by atoms with E-state index < -0.39 is 89.6 Å². The van der Waals surface area contributed by atoms with Crippen LogP contribution in [0.5, 0.6) is 0 Å². The van der Waals surface area contributed by atoms with E-state index >= 15 is 8.78 Å². The minimum atomic E-state index is -1.41. The average Bonchev–Trinajstić information content (AvgIpc) is 1.53. The van der Waals surface area contributed by atoms with Crippen LogP contribution in [-0.2, 0) is 89.6 Å². The monoisotopic (exact) mass is 1430 g/mol. The van der Waals surface area contributed by atoms with Gasteiger partial charge in [0.1, 0.15) is 37.1 Å². The number of aromatic nitrogens is 4. The Kier molecular flexibility index (Phi) is 23.4. The SMILES string of the molecule is C.CC1(C)OB(c2cccc(CC(=O)[C@@H]3C[C@@H](F)CN3C(=O)Cn3nc(C(N)=O)c4ccccc43)c2F)OC1(C)C.NC(=O)c1nn(CC(=O)N2C[C@H](F)C[C@H]2C(=O)Cc2cccc(-c3ccc4c(c3)C(=O)CC4)c2F)c2ccccc12.O=C1CCc2ccc(Br)cc21.S.S=S. The quantitative estimate of drug-likeness (QED) is 0.0760. The molecule has 0 spiro atoms.